The maximum Gasteiger partial charge on any atom is 0.215 e. The third kappa shape index (κ3) is 4.48. The highest BCUT2D eigenvalue weighted by atomic mass is 35.5. The van der Waals surface area contributed by atoms with Crippen LogP contribution in [-0.2, 0) is 15.8 Å². The van der Waals surface area contributed by atoms with Gasteiger partial charge in [-0.05, 0) is 24.7 Å². The topological polar surface area (TPSA) is 84.2 Å². The molecule has 0 amide bonds. The Morgan fingerprint density at radius 1 is 1.40 bits per heavy atom. The fraction of sp³-hybridized carbons (Fsp3) is 0.250. The highest BCUT2D eigenvalue weighted by Crippen LogP contribution is 2.11. The van der Waals surface area contributed by atoms with Crippen molar-refractivity contribution in [3.05, 3.63) is 29.8 Å². The molecule has 0 radical (unpaired) electrons. The number of hydrazine groups is 1. The summed E-state index contributed by atoms with van der Waals surface area (Å²) >= 11 is 0. The SMILES string of the molecule is CNS(=O)(=O)Cc1cccc(NN)c1.Cl. The second kappa shape index (κ2) is 5.92. The van der Waals surface area contributed by atoms with Crippen LogP contribution in [0.15, 0.2) is 24.3 Å². The molecule has 0 aromatic heterocycles. The third-order valence-corrected chi connectivity index (χ3v) is 3.10. The molecule has 15 heavy (non-hydrogen) atoms. The molecule has 1 aromatic rings. The molecule has 7 heteroatoms. The van der Waals surface area contributed by atoms with E-state index in [1.165, 1.54) is 7.05 Å². The Bertz CT molecular complexity index is 408. The van der Waals surface area contributed by atoms with Crippen molar-refractivity contribution in [3.8, 4) is 0 Å². The van der Waals surface area contributed by atoms with Crippen LogP contribution in [0.4, 0.5) is 5.69 Å². The predicted molar refractivity (Wildman–Crippen MR) is 63.2 cm³/mol. The molecule has 0 aliphatic rings. The lowest BCUT2D eigenvalue weighted by atomic mass is 10.2. The second-order valence-electron chi connectivity index (χ2n) is 2.81. The Hall–Kier alpha value is -0.820. The first-order valence-corrected chi connectivity index (χ1v) is 5.69. The van der Waals surface area contributed by atoms with E-state index in [1.54, 1.807) is 24.3 Å². The highest BCUT2D eigenvalue weighted by molar-refractivity contribution is 7.88. The number of benzene rings is 1. The van der Waals surface area contributed by atoms with Crippen LogP contribution in [0.25, 0.3) is 0 Å². The summed E-state index contributed by atoms with van der Waals surface area (Å²) in [5.41, 5.74) is 3.83. The molecule has 0 saturated heterocycles. The Balaban J connectivity index is 0.00000196. The van der Waals surface area contributed by atoms with Crippen molar-refractivity contribution >= 4 is 28.1 Å². The number of hydrogen-bond donors (Lipinski definition) is 3. The van der Waals surface area contributed by atoms with Crippen molar-refractivity contribution in [1.82, 2.24) is 4.72 Å². The van der Waals surface area contributed by atoms with Gasteiger partial charge in [0.05, 0.1) is 5.75 Å². The minimum Gasteiger partial charge on any atom is -0.324 e. The monoisotopic (exact) mass is 251 g/mol. The van der Waals surface area contributed by atoms with Crippen molar-refractivity contribution in [2.45, 2.75) is 5.75 Å². The summed E-state index contributed by atoms with van der Waals surface area (Å²) in [6, 6.07) is 6.93. The molecule has 0 bridgehead atoms. The molecule has 4 N–H and O–H groups in total. The van der Waals surface area contributed by atoms with Gasteiger partial charge in [-0.15, -0.1) is 12.4 Å². The van der Waals surface area contributed by atoms with Crippen LogP contribution in [0.3, 0.4) is 0 Å². The Labute approximate surface area is 95.5 Å². The van der Waals surface area contributed by atoms with Crippen LogP contribution in [0, 0.1) is 0 Å². The first-order chi connectivity index (χ1) is 6.57. The number of nitrogen functional groups attached to an aromatic ring is 1. The molecule has 1 aromatic carbocycles. The van der Waals surface area contributed by atoms with E-state index in [9.17, 15) is 8.42 Å². The van der Waals surface area contributed by atoms with Gasteiger partial charge in [0.25, 0.3) is 0 Å². The van der Waals surface area contributed by atoms with Gasteiger partial charge in [0.2, 0.25) is 10.0 Å². The maximum absolute atomic E-state index is 11.2. The van der Waals surface area contributed by atoms with Crippen LogP contribution >= 0.6 is 12.4 Å². The van der Waals surface area contributed by atoms with Crippen molar-refractivity contribution < 1.29 is 8.42 Å². The molecular formula is C8H14ClN3O2S. The molecule has 0 unspecified atom stereocenters. The summed E-state index contributed by atoms with van der Waals surface area (Å²) in [7, 11) is -1.83. The third-order valence-electron chi connectivity index (χ3n) is 1.76. The zero-order valence-corrected chi connectivity index (χ0v) is 9.86. The zero-order chi connectivity index (χ0) is 10.6. The number of rotatable bonds is 4. The largest absolute Gasteiger partial charge is 0.324 e. The van der Waals surface area contributed by atoms with Crippen LogP contribution in [0.5, 0.6) is 0 Å². The molecule has 0 saturated carbocycles. The summed E-state index contributed by atoms with van der Waals surface area (Å²) in [4.78, 5) is 0. The van der Waals surface area contributed by atoms with E-state index in [0.29, 0.717) is 11.3 Å². The Morgan fingerprint density at radius 2 is 2.07 bits per heavy atom. The zero-order valence-electron chi connectivity index (χ0n) is 8.23. The fourth-order valence-corrected chi connectivity index (χ4v) is 1.81. The van der Waals surface area contributed by atoms with E-state index in [0.717, 1.165) is 0 Å². The number of nitrogens with one attached hydrogen (secondary N) is 2. The van der Waals surface area contributed by atoms with Crippen LogP contribution < -0.4 is 16.0 Å². The van der Waals surface area contributed by atoms with Crippen LogP contribution in [0.2, 0.25) is 0 Å². The van der Waals surface area contributed by atoms with Crippen LogP contribution in [0.1, 0.15) is 5.56 Å². The van der Waals surface area contributed by atoms with Crippen molar-refractivity contribution in [3.63, 3.8) is 0 Å². The molecule has 0 aliphatic carbocycles. The number of hydrogen-bond acceptors (Lipinski definition) is 4. The summed E-state index contributed by atoms with van der Waals surface area (Å²) in [6.45, 7) is 0. The standard InChI is InChI=1S/C8H13N3O2S.ClH/c1-10-14(12,13)6-7-3-2-4-8(5-7)11-9;/h2-5,10-11H,6,9H2,1H3;1H. The maximum atomic E-state index is 11.2. The minimum absolute atomic E-state index is 0. The number of halogens is 1. The van der Waals surface area contributed by atoms with Gasteiger partial charge in [-0.25, -0.2) is 13.1 Å². The number of anilines is 1. The van der Waals surface area contributed by atoms with Crippen molar-refractivity contribution in [1.29, 1.82) is 0 Å². The van der Waals surface area contributed by atoms with E-state index in [1.807, 2.05) is 0 Å². The first kappa shape index (κ1) is 14.2. The van der Waals surface area contributed by atoms with Gasteiger partial charge in [0, 0.05) is 5.69 Å². The van der Waals surface area contributed by atoms with Crippen LogP contribution in [-0.4, -0.2) is 15.5 Å². The Kier molecular flexibility index (Phi) is 5.59. The van der Waals surface area contributed by atoms with Crippen molar-refractivity contribution in [2.75, 3.05) is 12.5 Å². The predicted octanol–water partition coefficient (Wildman–Crippen LogP) is 0.443. The highest BCUT2D eigenvalue weighted by Gasteiger charge is 2.08. The lowest BCUT2D eigenvalue weighted by Crippen LogP contribution is -2.20. The van der Waals surface area contributed by atoms with Gasteiger partial charge in [0.1, 0.15) is 0 Å². The molecule has 0 aliphatic heterocycles. The van der Waals surface area contributed by atoms with Gasteiger partial charge in [-0.3, -0.25) is 5.84 Å². The number of sulfonamides is 1. The van der Waals surface area contributed by atoms with E-state index in [-0.39, 0.29) is 18.2 Å². The van der Waals surface area contributed by atoms with Gasteiger partial charge in [-0.1, -0.05) is 12.1 Å². The van der Waals surface area contributed by atoms with E-state index in [2.05, 4.69) is 10.1 Å². The summed E-state index contributed by atoms with van der Waals surface area (Å²) in [5, 5.41) is 0. The summed E-state index contributed by atoms with van der Waals surface area (Å²) in [6.07, 6.45) is 0. The smallest absolute Gasteiger partial charge is 0.215 e. The Morgan fingerprint density at radius 3 is 2.60 bits per heavy atom. The summed E-state index contributed by atoms with van der Waals surface area (Å²) < 4.78 is 24.7. The van der Waals surface area contributed by atoms with E-state index < -0.39 is 10.0 Å². The lowest BCUT2D eigenvalue weighted by molar-refractivity contribution is 0.587. The normalized spacial score (nSPS) is 10.5. The van der Waals surface area contributed by atoms with E-state index in [4.69, 9.17) is 5.84 Å². The fourth-order valence-electron chi connectivity index (χ4n) is 1.04. The number of nitrogens with two attached hydrogens (primary N) is 1. The first-order valence-electron chi connectivity index (χ1n) is 4.04. The molecule has 5 nitrogen and oxygen atoms in total. The van der Waals surface area contributed by atoms with Crippen molar-refractivity contribution in [2.24, 2.45) is 5.84 Å². The van der Waals surface area contributed by atoms with E-state index >= 15 is 0 Å². The second-order valence-corrected chi connectivity index (χ2v) is 4.73. The average molecular weight is 252 g/mol. The van der Waals surface area contributed by atoms with Gasteiger partial charge in [-0.2, -0.15) is 0 Å². The molecule has 1 rings (SSSR count). The summed E-state index contributed by atoms with van der Waals surface area (Å²) in [5.74, 6) is 5.16. The van der Waals surface area contributed by atoms with Gasteiger partial charge >= 0.3 is 0 Å². The molecule has 86 valence electrons. The van der Waals surface area contributed by atoms with Gasteiger partial charge in [0.15, 0.2) is 0 Å². The quantitative estimate of drug-likeness (QED) is 0.536. The molecule has 0 atom stereocenters. The molecular weight excluding hydrogens is 238 g/mol. The molecule has 0 heterocycles. The lowest BCUT2D eigenvalue weighted by Gasteiger charge is -2.04. The van der Waals surface area contributed by atoms with Gasteiger partial charge < -0.3 is 5.43 Å². The molecule has 0 spiro atoms. The minimum atomic E-state index is -3.22. The molecule has 0 fully saturated rings. The average Bonchev–Trinajstić information content (AvgIpc) is 2.17.